The van der Waals surface area contributed by atoms with Crippen LogP contribution in [0.15, 0.2) is 84.4 Å². The number of ether oxygens (including phenoxy) is 1. The summed E-state index contributed by atoms with van der Waals surface area (Å²) in [7, 11) is -0.344. The van der Waals surface area contributed by atoms with Crippen LogP contribution in [0.1, 0.15) is 76.0 Å². The van der Waals surface area contributed by atoms with Crippen LogP contribution >= 0.6 is 0 Å². The molecule has 2 fully saturated rings. The summed E-state index contributed by atoms with van der Waals surface area (Å²) in [4.78, 5) is 15.6. The van der Waals surface area contributed by atoms with Crippen LogP contribution in [0.2, 0.25) is 0 Å². The van der Waals surface area contributed by atoms with Gasteiger partial charge in [0.15, 0.2) is 0 Å². The Morgan fingerprint density at radius 1 is 0.881 bits per heavy atom. The van der Waals surface area contributed by atoms with Crippen LogP contribution in [-0.4, -0.2) is 48.0 Å². The van der Waals surface area contributed by atoms with Crippen molar-refractivity contribution in [3.8, 4) is 11.1 Å². The van der Waals surface area contributed by atoms with Crippen LogP contribution in [0.4, 0.5) is 4.79 Å². The van der Waals surface area contributed by atoms with Gasteiger partial charge in [-0.25, -0.2) is 4.79 Å². The smallest absolute Gasteiger partial charge is 0.448 e. The third-order valence-corrected chi connectivity index (χ3v) is 10.2. The highest BCUT2D eigenvalue weighted by atomic mass is 16.7. The SMILES string of the molecule is CC1(C)OB(c2ccc(CC3=CC4CCCC(C3)N4C(=O)OCC3c4ccccc4-c4ccccc43)cc2)OC1(C)C. The molecule has 2 atom stereocenters. The van der Waals surface area contributed by atoms with Gasteiger partial charge in [-0.05, 0) is 93.1 Å². The van der Waals surface area contributed by atoms with Crippen molar-refractivity contribution in [3.63, 3.8) is 0 Å². The summed E-state index contributed by atoms with van der Waals surface area (Å²) >= 11 is 0. The van der Waals surface area contributed by atoms with Gasteiger partial charge in [0.1, 0.15) is 6.61 Å². The highest BCUT2D eigenvalue weighted by molar-refractivity contribution is 6.62. The maximum absolute atomic E-state index is 13.6. The van der Waals surface area contributed by atoms with Crippen molar-refractivity contribution in [2.75, 3.05) is 6.61 Å². The van der Waals surface area contributed by atoms with E-state index in [1.54, 1.807) is 0 Å². The minimum absolute atomic E-state index is 0.0808. The number of fused-ring (bicyclic) bond motifs is 5. The lowest BCUT2D eigenvalue weighted by Gasteiger charge is -2.44. The normalized spacial score (nSPS) is 23.8. The van der Waals surface area contributed by atoms with E-state index in [1.807, 2.05) is 4.90 Å². The van der Waals surface area contributed by atoms with Gasteiger partial charge in [0.25, 0.3) is 0 Å². The van der Waals surface area contributed by atoms with E-state index in [9.17, 15) is 4.79 Å². The van der Waals surface area contributed by atoms with Crippen LogP contribution in [0.25, 0.3) is 11.1 Å². The summed E-state index contributed by atoms with van der Waals surface area (Å²) in [6, 6.07) is 25.9. The van der Waals surface area contributed by atoms with Crippen LogP contribution in [0.3, 0.4) is 0 Å². The molecular weight excluding hydrogens is 521 g/mol. The molecule has 0 saturated carbocycles. The topological polar surface area (TPSA) is 48.0 Å². The molecule has 0 spiro atoms. The Kier molecular flexibility index (Phi) is 6.82. The van der Waals surface area contributed by atoms with Gasteiger partial charge < -0.3 is 14.0 Å². The third kappa shape index (κ3) is 4.79. The molecule has 3 heterocycles. The summed E-state index contributed by atoms with van der Waals surface area (Å²) in [5.41, 5.74) is 8.04. The van der Waals surface area contributed by atoms with Crippen molar-refractivity contribution in [2.24, 2.45) is 0 Å². The second-order valence-corrected chi connectivity index (χ2v) is 13.4. The Hall–Kier alpha value is -3.35. The monoisotopic (exact) mass is 561 g/mol. The molecule has 0 radical (unpaired) electrons. The Balaban J connectivity index is 1.02. The van der Waals surface area contributed by atoms with E-state index in [-0.39, 0.29) is 42.4 Å². The molecular formula is C36H40BNO4. The molecule has 5 nitrogen and oxygen atoms in total. The van der Waals surface area contributed by atoms with E-state index in [0.29, 0.717) is 6.61 Å². The summed E-state index contributed by atoms with van der Waals surface area (Å²) in [6.07, 6.45) is 7.13. The number of piperidine rings is 1. The first-order chi connectivity index (χ1) is 20.2. The van der Waals surface area contributed by atoms with Gasteiger partial charge in [-0.15, -0.1) is 0 Å². The number of rotatable bonds is 5. The maximum atomic E-state index is 13.6. The Bertz CT molecular complexity index is 1470. The van der Waals surface area contributed by atoms with Crippen molar-refractivity contribution in [1.82, 2.24) is 4.90 Å². The molecule has 0 aromatic heterocycles. The summed E-state index contributed by atoms with van der Waals surface area (Å²) < 4.78 is 18.6. The molecule has 42 heavy (non-hydrogen) atoms. The summed E-state index contributed by atoms with van der Waals surface area (Å²) in [5.74, 6) is 0.0808. The quantitative estimate of drug-likeness (QED) is 0.248. The zero-order valence-electron chi connectivity index (χ0n) is 25.1. The first kappa shape index (κ1) is 27.5. The molecule has 2 unspecified atom stereocenters. The molecule has 1 amide bonds. The largest absolute Gasteiger partial charge is 0.494 e. The Morgan fingerprint density at radius 3 is 2.12 bits per heavy atom. The highest BCUT2D eigenvalue weighted by Gasteiger charge is 2.51. The van der Waals surface area contributed by atoms with Crippen molar-refractivity contribution in [2.45, 2.75) is 89.0 Å². The fourth-order valence-electron chi connectivity index (χ4n) is 7.24. The van der Waals surface area contributed by atoms with Gasteiger partial charge in [0, 0.05) is 12.0 Å². The van der Waals surface area contributed by atoms with Crippen LogP contribution in [0, 0.1) is 0 Å². The van der Waals surface area contributed by atoms with Crippen molar-refractivity contribution in [3.05, 3.63) is 101 Å². The molecule has 216 valence electrons. The molecule has 4 aliphatic rings. The minimum Gasteiger partial charge on any atom is -0.448 e. The van der Waals surface area contributed by atoms with Crippen molar-refractivity contribution in [1.29, 1.82) is 0 Å². The lowest BCUT2D eigenvalue weighted by Crippen LogP contribution is -2.52. The summed E-state index contributed by atoms with van der Waals surface area (Å²) in [6.45, 7) is 8.70. The number of nitrogens with zero attached hydrogens (tertiary/aromatic N) is 1. The third-order valence-electron chi connectivity index (χ3n) is 10.2. The zero-order valence-corrected chi connectivity index (χ0v) is 25.1. The highest BCUT2D eigenvalue weighted by Crippen LogP contribution is 2.45. The first-order valence-electron chi connectivity index (χ1n) is 15.5. The Labute approximate surface area is 250 Å². The number of hydrogen-bond acceptors (Lipinski definition) is 4. The average Bonchev–Trinajstić information content (AvgIpc) is 3.40. The molecule has 6 heteroatoms. The number of amides is 1. The van der Waals surface area contributed by atoms with Gasteiger partial charge in [0.2, 0.25) is 0 Å². The van der Waals surface area contributed by atoms with E-state index in [1.165, 1.54) is 33.4 Å². The van der Waals surface area contributed by atoms with Crippen LogP contribution in [-0.2, 0) is 20.5 Å². The summed E-state index contributed by atoms with van der Waals surface area (Å²) in [5, 5.41) is 0. The number of hydrogen-bond donors (Lipinski definition) is 0. The fourth-order valence-corrected chi connectivity index (χ4v) is 7.24. The van der Waals surface area contributed by atoms with E-state index in [0.717, 1.165) is 37.6 Å². The predicted molar refractivity (Wildman–Crippen MR) is 167 cm³/mol. The minimum atomic E-state index is -0.347. The molecule has 2 bridgehead atoms. The van der Waals surface area contributed by atoms with E-state index >= 15 is 0 Å². The molecule has 7 rings (SSSR count). The van der Waals surface area contributed by atoms with Gasteiger partial charge in [-0.2, -0.15) is 0 Å². The number of carbonyl (C=O) groups is 1. The van der Waals surface area contributed by atoms with Gasteiger partial charge in [-0.3, -0.25) is 4.90 Å². The second kappa shape index (κ2) is 10.4. The number of benzene rings is 3. The van der Waals surface area contributed by atoms with E-state index < -0.39 is 0 Å². The van der Waals surface area contributed by atoms with Crippen LogP contribution < -0.4 is 5.46 Å². The number of carbonyl (C=O) groups excluding carboxylic acids is 1. The molecule has 3 aliphatic heterocycles. The zero-order chi connectivity index (χ0) is 29.1. The van der Waals surface area contributed by atoms with Gasteiger partial charge >= 0.3 is 13.2 Å². The molecule has 2 saturated heterocycles. The van der Waals surface area contributed by atoms with E-state index in [4.69, 9.17) is 14.0 Å². The molecule has 3 aromatic carbocycles. The van der Waals surface area contributed by atoms with Crippen molar-refractivity contribution >= 4 is 18.7 Å². The standard InChI is InChI=1S/C36H40BNO4/c1-35(2)36(3,4)42-37(41-35)26-18-16-24(17-19-26)20-25-21-27-10-9-11-28(22-25)38(27)34(39)40-23-33-31-14-7-5-12-29(31)30-13-6-8-15-32(30)33/h5-8,12-19,21,27-28,33H,9-11,20,22-23H2,1-4H3. The van der Waals surface area contributed by atoms with Gasteiger partial charge in [-0.1, -0.05) is 84.4 Å². The average molecular weight is 562 g/mol. The van der Waals surface area contributed by atoms with E-state index in [2.05, 4.69) is 107 Å². The maximum Gasteiger partial charge on any atom is 0.494 e. The van der Waals surface area contributed by atoms with Crippen molar-refractivity contribution < 1.29 is 18.8 Å². The van der Waals surface area contributed by atoms with Gasteiger partial charge in [0.05, 0.1) is 17.2 Å². The fraction of sp³-hybridized carbons (Fsp3) is 0.417. The molecule has 3 aromatic rings. The lowest BCUT2D eigenvalue weighted by molar-refractivity contribution is 0.00578. The predicted octanol–water partition coefficient (Wildman–Crippen LogP) is 7.03. The molecule has 1 aliphatic carbocycles. The Morgan fingerprint density at radius 2 is 1.50 bits per heavy atom. The first-order valence-corrected chi connectivity index (χ1v) is 15.5. The second-order valence-electron chi connectivity index (χ2n) is 13.4. The molecule has 0 N–H and O–H groups in total. The van der Waals surface area contributed by atoms with Crippen LogP contribution in [0.5, 0.6) is 0 Å². The lowest BCUT2D eigenvalue weighted by atomic mass is 9.78.